The van der Waals surface area contributed by atoms with Crippen LogP contribution in [-0.4, -0.2) is 22.7 Å². The van der Waals surface area contributed by atoms with Gasteiger partial charge in [0.05, 0.1) is 12.3 Å². The number of aromatic carboxylic acids is 1. The summed E-state index contributed by atoms with van der Waals surface area (Å²) in [6, 6.07) is 12.6. The monoisotopic (exact) mass is 243 g/mol. The van der Waals surface area contributed by atoms with E-state index in [0.29, 0.717) is 18.1 Å². The van der Waals surface area contributed by atoms with Gasteiger partial charge in [-0.05, 0) is 6.92 Å². The zero-order valence-electron chi connectivity index (χ0n) is 9.96. The van der Waals surface area contributed by atoms with E-state index in [1.807, 2.05) is 37.3 Å². The van der Waals surface area contributed by atoms with Crippen molar-refractivity contribution in [3.8, 4) is 17.0 Å². The van der Waals surface area contributed by atoms with E-state index in [4.69, 9.17) is 9.84 Å². The van der Waals surface area contributed by atoms with E-state index in [-0.39, 0.29) is 5.69 Å². The predicted octanol–water partition coefficient (Wildman–Crippen LogP) is 2.85. The minimum atomic E-state index is -1.06. The van der Waals surface area contributed by atoms with Crippen LogP contribution in [0.4, 0.5) is 0 Å². The molecule has 0 aliphatic heterocycles. The van der Waals surface area contributed by atoms with Crippen molar-refractivity contribution in [3.63, 3.8) is 0 Å². The molecule has 4 heteroatoms. The lowest BCUT2D eigenvalue weighted by atomic mass is 10.1. The Morgan fingerprint density at radius 2 is 2.00 bits per heavy atom. The maximum atomic E-state index is 11.0. The third-order valence-electron chi connectivity index (χ3n) is 2.40. The van der Waals surface area contributed by atoms with Crippen molar-refractivity contribution >= 4 is 5.97 Å². The Kier molecular flexibility index (Phi) is 3.57. The number of carbonyl (C=O) groups is 1. The number of nitrogens with zero attached hydrogens (tertiary/aromatic N) is 1. The highest BCUT2D eigenvalue weighted by Gasteiger charge is 2.10. The second kappa shape index (κ2) is 5.31. The van der Waals surface area contributed by atoms with Crippen LogP contribution in [0.3, 0.4) is 0 Å². The number of rotatable bonds is 4. The molecule has 1 aromatic carbocycles. The first-order valence-electron chi connectivity index (χ1n) is 5.64. The quantitative estimate of drug-likeness (QED) is 0.897. The standard InChI is InChI=1S/C14H13NO3/c1-2-18-11-8-12(10-6-4-3-5-7-10)15-13(9-11)14(16)17/h3-9H,2H2,1H3,(H,16,17). The van der Waals surface area contributed by atoms with Crippen LogP contribution >= 0.6 is 0 Å². The van der Waals surface area contributed by atoms with Gasteiger partial charge in [0, 0.05) is 17.7 Å². The summed E-state index contributed by atoms with van der Waals surface area (Å²) in [6.45, 7) is 2.33. The van der Waals surface area contributed by atoms with Crippen LogP contribution in [0.2, 0.25) is 0 Å². The fraction of sp³-hybridized carbons (Fsp3) is 0.143. The van der Waals surface area contributed by atoms with Crippen LogP contribution in [0.15, 0.2) is 42.5 Å². The van der Waals surface area contributed by atoms with E-state index in [1.54, 1.807) is 6.07 Å². The van der Waals surface area contributed by atoms with Gasteiger partial charge in [-0.1, -0.05) is 30.3 Å². The summed E-state index contributed by atoms with van der Waals surface area (Å²) in [5.74, 6) is -0.544. The van der Waals surface area contributed by atoms with Gasteiger partial charge >= 0.3 is 5.97 Å². The Hall–Kier alpha value is -2.36. The average molecular weight is 243 g/mol. The van der Waals surface area contributed by atoms with Crippen LogP contribution in [0, 0.1) is 0 Å². The van der Waals surface area contributed by atoms with Crippen molar-refractivity contribution in [2.75, 3.05) is 6.61 Å². The minimum Gasteiger partial charge on any atom is -0.494 e. The van der Waals surface area contributed by atoms with Gasteiger partial charge in [-0.25, -0.2) is 9.78 Å². The van der Waals surface area contributed by atoms with Crippen LogP contribution < -0.4 is 4.74 Å². The summed E-state index contributed by atoms with van der Waals surface area (Å²) in [4.78, 5) is 15.1. The molecule has 2 aromatic rings. The number of carboxylic acid groups (broad SMARTS) is 1. The van der Waals surface area contributed by atoms with Crippen LogP contribution in [-0.2, 0) is 0 Å². The number of hydrogen-bond donors (Lipinski definition) is 1. The first-order valence-corrected chi connectivity index (χ1v) is 5.64. The molecular weight excluding hydrogens is 230 g/mol. The van der Waals surface area contributed by atoms with Gasteiger partial charge in [0.15, 0.2) is 5.69 Å². The molecule has 18 heavy (non-hydrogen) atoms. The van der Waals surface area contributed by atoms with Gasteiger partial charge in [0.2, 0.25) is 0 Å². The SMILES string of the molecule is CCOc1cc(C(=O)O)nc(-c2ccccc2)c1. The summed E-state index contributed by atoms with van der Waals surface area (Å²) in [7, 11) is 0. The molecule has 0 aliphatic carbocycles. The summed E-state index contributed by atoms with van der Waals surface area (Å²) < 4.78 is 5.36. The molecule has 0 bridgehead atoms. The number of ether oxygens (including phenoxy) is 1. The first kappa shape index (κ1) is 12.1. The average Bonchev–Trinajstić information content (AvgIpc) is 2.40. The van der Waals surface area contributed by atoms with Gasteiger partial charge in [0.25, 0.3) is 0 Å². The van der Waals surface area contributed by atoms with Gasteiger partial charge in [0.1, 0.15) is 5.75 Å². The molecular formula is C14H13NO3. The normalized spacial score (nSPS) is 10.1. The summed E-state index contributed by atoms with van der Waals surface area (Å²) >= 11 is 0. The van der Waals surface area contributed by atoms with E-state index in [2.05, 4.69) is 4.98 Å². The highest BCUT2D eigenvalue weighted by atomic mass is 16.5. The third-order valence-corrected chi connectivity index (χ3v) is 2.40. The number of carboxylic acids is 1. The Labute approximate surface area is 105 Å². The molecule has 0 saturated carbocycles. The summed E-state index contributed by atoms with van der Waals surface area (Å²) in [5, 5.41) is 9.03. The number of pyridine rings is 1. The second-order valence-electron chi connectivity index (χ2n) is 3.68. The molecule has 0 fully saturated rings. The van der Waals surface area contributed by atoms with E-state index >= 15 is 0 Å². The number of hydrogen-bond acceptors (Lipinski definition) is 3. The highest BCUT2D eigenvalue weighted by Crippen LogP contribution is 2.23. The Balaban J connectivity index is 2.50. The number of aromatic nitrogens is 1. The molecule has 0 spiro atoms. The van der Waals surface area contributed by atoms with E-state index < -0.39 is 5.97 Å². The maximum absolute atomic E-state index is 11.0. The van der Waals surface area contributed by atoms with Crippen LogP contribution in [0.1, 0.15) is 17.4 Å². The van der Waals surface area contributed by atoms with Gasteiger partial charge < -0.3 is 9.84 Å². The molecule has 0 aliphatic rings. The van der Waals surface area contributed by atoms with Crippen LogP contribution in [0.5, 0.6) is 5.75 Å². The lowest BCUT2D eigenvalue weighted by Crippen LogP contribution is -2.03. The first-order chi connectivity index (χ1) is 8.70. The fourth-order valence-electron chi connectivity index (χ4n) is 1.62. The van der Waals surface area contributed by atoms with Crippen molar-refractivity contribution in [2.24, 2.45) is 0 Å². The largest absolute Gasteiger partial charge is 0.494 e. The van der Waals surface area contributed by atoms with Crippen molar-refractivity contribution in [3.05, 3.63) is 48.2 Å². The highest BCUT2D eigenvalue weighted by molar-refractivity contribution is 5.86. The maximum Gasteiger partial charge on any atom is 0.354 e. The summed E-state index contributed by atoms with van der Waals surface area (Å²) in [5.41, 5.74) is 1.44. The third kappa shape index (κ3) is 2.66. The molecule has 0 atom stereocenters. The van der Waals surface area contributed by atoms with Crippen molar-refractivity contribution in [2.45, 2.75) is 6.92 Å². The summed E-state index contributed by atoms with van der Waals surface area (Å²) in [6.07, 6.45) is 0. The predicted molar refractivity (Wildman–Crippen MR) is 67.8 cm³/mol. The lowest BCUT2D eigenvalue weighted by molar-refractivity contribution is 0.0690. The molecule has 1 heterocycles. The molecule has 0 radical (unpaired) electrons. The van der Waals surface area contributed by atoms with Crippen molar-refractivity contribution in [1.29, 1.82) is 0 Å². The van der Waals surface area contributed by atoms with Crippen LogP contribution in [0.25, 0.3) is 11.3 Å². The molecule has 1 N–H and O–H groups in total. The topological polar surface area (TPSA) is 59.4 Å². The van der Waals surface area contributed by atoms with Gasteiger partial charge in [-0.15, -0.1) is 0 Å². The Morgan fingerprint density at radius 3 is 2.61 bits per heavy atom. The molecule has 1 aromatic heterocycles. The second-order valence-corrected chi connectivity index (χ2v) is 3.68. The molecule has 0 saturated heterocycles. The van der Waals surface area contributed by atoms with Crippen molar-refractivity contribution in [1.82, 2.24) is 4.98 Å². The zero-order chi connectivity index (χ0) is 13.0. The molecule has 4 nitrogen and oxygen atoms in total. The van der Waals surface area contributed by atoms with E-state index in [0.717, 1.165) is 5.56 Å². The van der Waals surface area contributed by atoms with E-state index in [1.165, 1.54) is 6.07 Å². The van der Waals surface area contributed by atoms with Gasteiger partial charge in [-0.3, -0.25) is 0 Å². The molecule has 0 unspecified atom stereocenters. The minimum absolute atomic E-state index is 0.0141. The zero-order valence-corrected chi connectivity index (χ0v) is 9.96. The number of benzene rings is 1. The van der Waals surface area contributed by atoms with E-state index in [9.17, 15) is 4.79 Å². The molecule has 2 rings (SSSR count). The molecule has 92 valence electrons. The Bertz CT molecular complexity index is 552. The lowest BCUT2D eigenvalue weighted by Gasteiger charge is -2.07. The molecule has 0 amide bonds. The smallest absolute Gasteiger partial charge is 0.354 e. The Morgan fingerprint density at radius 1 is 1.28 bits per heavy atom. The fourth-order valence-corrected chi connectivity index (χ4v) is 1.62. The van der Waals surface area contributed by atoms with Crippen molar-refractivity contribution < 1.29 is 14.6 Å². The van der Waals surface area contributed by atoms with Gasteiger partial charge in [-0.2, -0.15) is 0 Å².